The summed E-state index contributed by atoms with van der Waals surface area (Å²) in [6.07, 6.45) is 67.8. The molecule has 0 fully saturated rings. The summed E-state index contributed by atoms with van der Waals surface area (Å²) in [6.45, 7) is 4.31. The molecule has 0 aromatic rings. The molecular weight excluding hydrogens is 894 g/mol. The van der Waals surface area contributed by atoms with E-state index in [2.05, 4.69) is 98.9 Å². The Hall–Kier alpha value is -2.81. The van der Waals surface area contributed by atoms with Crippen molar-refractivity contribution in [2.24, 2.45) is 0 Å². The summed E-state index contributed by atoms with van der Waals surface area (Å²) < 4.78 is 34.5. The molecule has 1 N–H and O–H groups in total. The second kappa shape index (κ2) is 51.1. The lowest BCUT2D eigenvalue weighted by Gasteiger charge is -2.24. The summed E-state index contributed by atoms with van der Waals surface area (Å²) in [7, 11) is 1.47. The molecule has 2 atom stereocenters. The van der Waals surface area contributed by atoms with Gasteiger partial charge in [0.05, 0.1) is 27.7 Å². The van der Waals surface area contributed by atoms with E-state index >= 15 is 0 Å². The number of nitrogens with zero attached hydrogens (tertiary/aromatic N) is 1. The van der Waals surface area contributed by atoms with Gasteiger partial charge in [-0.3, -0.25) is 18.6 Å². The van der Waals surface area contributed by atoms with Crippen LogP contribution < -0.4 is 0 Å². The maximum Gasteiger partial charge on any atom is 0.472 e. The monoisotopic (exact) mass is 1000 g/mol. The molecule has 0 aromatic carbocycles. The Labute approximate surface area is 431 Å². The molecule has 0 bridgehead atoms. The number of esters is 2. The van der Waals surface area contributed by atoms with Crippen molar-refractivity contribution in [3.8, 4) is 0 Å². The highest BCUT2D eigenvalue weighted by molar-refractivity contribution is 7.47. The fourth-order valence-electron chi connectivity index (χ4n) is 7.54. The molecule has 404 valence electrons. The van der Waals surface area contributed by atoms with Crippen LogP contribution in [0.4, 0.5) is 0 Å². The molecule has 0 heterocycles. The molecule has 0 radical (unpaired) electrons. The van der Waals surface area contributed by atoms with Gasteiger partial charge in [-0.25, -0.2) is 4.57 Å². The first-order valence-corrected chi connectivity index (χ1v) is 29.8. The van der Waals surface area contributed by atoms with Crippen molar-refractivity contribution in [2.75, 3.05) is 47.5 Å². The number of allylic oxidation sites excluding steroid dienone is 14. The molecule has 0 amide bonds. The van der Waals surface area contributed by atoms with Gasteiger partial charge in [0.1, 0.15) is 19.8 Å². The van der Waals surface area contributed by atoms with E-state index in [4.69, 9.17) is 18.5 Å². The Morgan fingerprint density at radius 2 is 0.814 bits per heavy atom. The maximum absolute atomic E-state index is 12.8. The van der Waals surface area contributed by atoms with E-state index in [1.165, 1.54) is 103 Å². The normalized spacial score (nSPS) is 14.0. The number of carbonyl (C=O) groups is 2. The number of unbranched alkanes of at least 4 members (excludes halogenated alkanes) is 23. The predicted octanol–water partition coefficient (Wildman–Crippen LogP) is 17.5. The largest absolute Gasteiger partial charge is 0.472 e. The number of quaternary nitrogens is 1. The van der Waals surface area contributed by atoms with Crippen LogP contribution in [0.3, 0.4) is 0 Å². The minimum Gasteiger partial charge on any atom is -0.462 e. The summed E-state index contributed by atoms with van der Waals surface area (Å²) >= 11 is 0. The molecule has 0 spiro atoms. The first kappa shape index (κ1) is 67.2. The van der Waals surface area contributed by atoms with E-state index in [-0.39, 0.29) is 32.0 Å². The molecule has 0 aliphatic heterocycles. The first-order valence-electron chi connectivity index (χ1n) is 28.3. The van der Waals surface area contributed by atoms with Crippen molar-refractivity contribution in [1.82, 2.24) is 0 Å². The molecular formula is C60H107NO8P+. The van der Waals surface area contributed by atoms with Gasteiger partial charge in [-0.15, -0.1) is 0 Å². The zero-order valence-corrected chi connectivity index (χ0v) is 46.6. The van der Waals surface area contributed by atoms with Gasteiger partial charge in [0.15, 0.2) is 6.10 Å². The zero-order valence-electron chi connectivity index (χ0n) is 45.7. The minimum absolute atomic E-state index is 0.0269. The van der Waals surface area contributed by atoms with Crippen molar-refractivity contribution in [2.45, 2.75) is 238 Å². The number of rotatable bonds is 51. The highest BCUT2D eigenvalue weighted by Gasteiger charge is 2.27. The van der Waals surface area contributed by atoms with Crippen molar-refractivity contribution in [3.05, 3.63) is 85.1 Å². The van der Waals surface area contributed by atoms with Crippen LogP contribution in [0.2, 0.25) is 0 Å². The third-order valence-electron chi connectivity index (χ3n) is 11.9. The summed E-state index contributed by atoms with van der Waals surface area (Å²) in [5.74, 6) is -0.808. The third kappa shape index (κ3) is 54.5. The summed E-state index contributed by atoms with van der Waals surface area (Å²) in [5, 5.41) is 0. The SMILES string of the molecule is CC/C=C\C/C=C\C/C=C\C/C=C\C/C=C\C/C=C\CCCCCCCCCCCCC(=O)OC(COC(=O)CCCCCCCCC/C=C\CCCCCCCC)COP(=O)(O)OCC[N+](C)(C)C. The van der Waals surface area contributed by atoms with Gasteiger partial charge in [-0.05, 0) is 89.9 Å². The average molecular weight is 1000 g/mol. The lowest BCUT2D eigenvalue weighted by atomic mass is 10.0. The van der Waals surface area contributed by atoms with Crippen LogP contribution in [0.5, 0.6) is 0 Å². The number of phosphoric acid groups is 1. The van der Waals surface area contributed by atoms with E-state index in [0.29, 0.717) is 17.4 Å². The zero-order chi connectivity index (χ0) is 51.3. The van der Waals surface area contributed by atoms with E-state index in [0.717, 1.165) is 96.3 Å². The Morgan fingerprint density at radius 1 is 0.457 bits per heavy atom. The molecule has 0 aliphatic carbocycles. The van der Waals surface area contributed by atoms with Crippen LogP contribution in [0.1, 0.15) is 232 Å². The highest BCUT2D eigenvalue weighted by Crippen LogP contribution is 2.43. The standard InChI is InChI=1S/C60H106NO8P/c1-6-8-10-12-14-16-18-20-22-24-25-26-27-28-29-30-31-32-33-34-35-37-39-41-43-45-47-49-51-53-60(63)69-58(57-68-70(64,65)67-55-54-61(3,4)5)56-66-59(62)52-50-48-46-44-42-40-38-36-23-21-19-17-15-13-11-9-7-2/h8,10,14,16,20-23,25-26,28-29,31-32,58H,6-7,9,11-13,15,17-19,24,27,30,33-57H2,1-5H3/p+1/b10-8-,16-14-,22-20-,23-21-,26-25-,29-28-,32-31-. The van der Waals surface area contributed by atoms with Gasteiger partial charge < -0.3 is 18.9 Å². The third-order valence-corrected chi connectivity index (χ3v) is 12.9. The van der Waals surface area contributed by atoms with E-state index in [1.807, 2.05) is 21.1 Å². The predicted molar refractivity (Wildman–Crippen MR) is 298 cm³/mol. The lowest BCUT2D eigenvalue weighted by molar-refractivity contribution is -0.870. The number of likely N-dealkylation sites (N-methyl/N-ethyl adjacent to an activating group) is 1. The molecule has 9 nitrogen and oxygen atoms in total. The fraction of sp³-hybridized carbons (Fsp3) is 0.733. The highest BCUT2D eigenvalue weighted by atomic mass is 31.2. The minimum atomic E-state index is -4.39. The van der Waals surface area contributed by atoms with Crippen molar-refractivity contribution in [1.29, 1.82) is 0 Å². The lowest BCUT2D eigenvalue weighted by Crippen LogP contribution is -2.37. The van der Waals surface area contributed by atoms with Crippen LogP contribution in [-0.4, -0.2) is 74.9 Å². The molecule has 2 unspecified atom stereocenters. The topological polar surface area (TPSA) is 108 Å². The van der Waals surface area contributed by atoms with Crippen LogP contribution in [0, 0.1) is 0 Å². The van der Waals surface area contributed by atoms with Crippen molar-refractivity contribution in [3.63, 3.8) is 0 Å². The Balaban J connectivity index is 4.19. The molecule has 0 aliphatic rings. The number of carbonyl (C=O) groups excluding carboxylic acids is 2. The molecule has 0 saturated heterocycles. The second-order valence-electron chi connectivity index (χ2n) is 19.9. The van der Waals surface area contributed by atoms with Gasteiger partial charge in [0.25, 0.3) is 0 Å². The number of ether oxygens (including phenoxy) is 2. The van der Waals surface area contributed by atoms with E-state index < -0.39 is 26.5 Å². The van der Waals surface area contributed by atoms with Crippen LogP contribution >= 0.6 is 7.82 Å². The van der Waals surface area contributed by atoms with Gasteiger partial charge in [-0.1, -0.05) is 214 Å². The summed E-state index contributed by atoms with van der Waals surface area (Å²) in [6, 6.07) is 0. The van der Waals surface area contributed by atoms with Gasteiger partial charge in [-0.2, -0.15) is 0 Å². The maximum atomic E-state index is 12.8. The number of hydrogen-bond acceptors (Lipinski definition) is 7. The average Bonchev–Trinajstić information content (AvgIpc) is 3.32. The quantitative estimate of drug-likeness (QED) is 0.0211. The van der Waals surface area contributed by atoms with Gasteiger partial charge >= 0.3 is 19.8 Å². The molecule has 0 aromatic heterocycles. The Bertz CT molecular complexity index is 1460. The van der Waals surface area contributed by atoms with Gasteiger partial charge in [0, 0.05) is 12.8 Å². The van der Waals surface area contributed by atoms with Crippen molar-refractivity contribution >= 4 is 19.8 Å². The van der Waals surface area contributed by atoms with Gasteiger partial charge in [0.2, 0.25) is 0 Å². The molecule has 0 saturated carbocycles. The second-order valence-corrected chi connectivity index (χ2v) is 21.4. The fourth-order valence-corrected chi connectivity index (χ4v) is 8.28. The van der Waals surface area contributed by atoms with E-state index in [1.54, 1.807) is 0 Å². The van der Waals surface area contributed by atoms with Crippen LogP contribution in [0.25, 0.3) is 0 Å². The van der Waals surface area contributed by atoms with Crippen molar-refractivity contribution < 1.29 is 42.1 Å². The van der Waals surface area contributed by atoms with Crippen LogP contribution in [-0.2, 0) is 32.7 Å². The number of phosphoric ester groups is 1. The smallest absolute Gasteiger partial charge is 0.462 e. The first-order chi connectivity index (χ1) is 34.0. The summed E-state index contributed by atoms with van der Waals surface area (Å²) in [4.78, 5) is 35.6. The Kier molecular flexibility index (Phi) is 49.1. The van der Waals surface area contributed by atoms with E-state index in [9.17, 15) is 19.0 Å². The summed E-state index contributed by atoms with van der Waals surface area (Å²) in [5.41, 5.74) is 0. The van der Waals surface area contributed by atoms with Crippen LogP contribution in [0.15, 0.2) is 85.1 Å². The molecule has 70 heavy (non-hydrogen) atoms. The molecule has 0 rings (SSSR count). The Morgan fingerprint density at radius 3 is 1.23 bits per heavy atom. The number of hydrogen-bond donors (Lipinski definition) is 1. The molecule has 10 heteroatoms.